The summed E-state index contributed by atoms with van der Waals surface area (Å²) in [6.07, 6.45) is 5.56. The molecule has 2 unspecified atom stereocenters. The van der Waals surface area contributed by atoms with Gasteiger partial charge in [0, 0.05) is 31.1 Å². The van der Waals surface area contributed by atoms with Gasteiger partial charge in [-0.2, -0.15) is 5.10 Å². The van der Waals surface area contributed by atoms with E-state index in [0.29, 0.717) is 35.3 Å². The van der Waals surface area contributed by atoms with Crippen LogP contribution in [0, 0.1) is 11.7 Å². The number of hydrogen-bond acceptors (Lipinski definition) is 5. The van der Waals surface area contributed by atoms with E-state index in [1.807, 2.05) is 0 Å². The lowest BCUT2D eigenvalue weighted by atomic mass is 9.81. The molecule has 35 heavy (non-hydrogen) atoms. The number of aromatic carboxylic acids is 1. The maximum Gasteiger partial charge on any atom is 0.354 e. The molecule has 4 heterocycles. The largest absolute Gasteiger partial charge is 0.477 e. The second-order valence-electron chi connectivity index (χ2n) is 10.6. The fraction of sp³-hybridized carbons (Fsp3) is 0.519. The number of anilines is 1. The van der Waals surface area contributed by atoms with Gasteiger partial charge in [-0.3, -0.25) is 4.90 Å². The molecule has 2 atom stereocenters. The highest BCUT2D eigenvalue weighted by Gasteiger charge is 2.40. The van der Waals surface area contributed by atoms with Crippen molar-refractivity contribution in [3.05, 3.63) is 47.5 Å². The summed E-state index contributed by atoms with van der Waals surface area (Å²) in [6.45, 7) is 7.47. The summed E-state index contributed by atoms with van der Waals surface area (Å²) in [5.41, 5.74) is 3.18. The zero-order chi connectivity index (χ0) is 24.3. The predicted octanol–water partition coefficient (Wildman–Crippen LogP) is 4.83. The van der Waals surface area contributed by atoms with Crippen LogP contribution in [0.15, 0.2) is 30.3 Å². The maximum atomic E-state index is 13.6. The normalized spacial score (nSPS) is 23.1. The van der Waals surface area contributed by atoms with Gasteiger partial charge in [0.05, 0.1) is 22.5 Å². The summed E-state index contributed by atoms with van der Waals surface area (Å²) in [5.74, 6) is -0.455. The number of benzene rings is 1. The monoisotopic (exact) mass is 477 g/mol. The van der Waals surface area contributed by atoms with E-state index < -0.39 is 5.97 Å². The second-order valence-corrected chi connectivity index (χ2v) is 10.6. The molecule has 1 saturated carbocycles. The van der Waals surface area contributed by atoms with Gasteiger partial charge < -0.3 is 10.0 Å². The molecule has 2 saturated heterocycles. The fourth-order valence-corrected chi connectivity index (χ4v) is 6.29. The lowest BCUT2D eigenvalue weighted by molar-refractivity contribution is 0.0691. The lowest BCUT2D eigenvalue weighted by Gasteiger charge is -2.40. The number of nitrogens with zero attached hydrogens (tertiary/aromatic N) is 5. The Morgan fingerprint density at radius 3 is 2.54 bits per heavy atom. The van der Waals surface area contributed by atoms with Crippen LogP contribution >= 0.6 is 0 Å². The molecule has 1 N–H and O–H groups in total. The van der Waals surface area contributed by atoms with E-state index in [4.69, 9.17) is 5.10 Å². The number of halogens is 1. The first-order valence-electron chi connectivity index (χ1n) is 12.8. The average molecular weight is 478 g/mol. The van der Waals surface area contributed by atoms with Gasteiger partial charge in [-0.15, -0.1) is 0 Å². The fourth-order valence-electron chi connectivity index (χ4n) is 6.29. The molecule has 3 aliphatic rings. The van der Waals surface area contributed by atoms with Crippen LogP contribution < -0.4 is 4.90 Å². The SMILES string of the molecule is CC(C)N1CCC2CN(c3cc(C(=O)O)nc4c3c(C3CCC3)nn4-c3ccc(F)cc3)CCC21. The molecule has 2 aliphatic heterocycles. The topological polar surface area (TPSA) is 74.5 Å². The Kier molecular flexibility index (Phi) is 5.51. The Bertz CT molecular complexity index is 1270. The number of carboxylic acid groups (broad SMARTS) is 1. The number of likely N-dealkylation sites (tertiary alicyclic amines) is 1. The highest BCUT2D eigenvalue weighted by Crippen LogP contribution is 2.44. The van der Waals surface area contributed by atoms with E-state index in [1.165, 1.54) is 25.0 Å². The first kappa shape index (κ1) is 22.5. The molecule has 0 amide bonds. The smallest absolute Gasteiger partial charge is 0.354 e. The van der Waals surface area contributed by atoms with Crippen molar-refractivity contribution in [2.45, 2.75) is 64.0 Å². The summed E-state index contributed by atoms with van der Waals surface area (Å²) in [5, 5.41) is 15.8. The van der Waals surface area contributed by atoms with Crippen LogP contribution in [0.2, 0.25) is 0 Å². The standard InChI is InChI=1S/C27H32FN5O2/c1-16(2)32-13-10-18-15-31(12-11-22(18)32)23-14-21(27(34)35)29-26-24(23)25(17-4-3-5-17)30-33(26)20-8-6-19(28)7-9-20/h6-9,14,16-18,22H,3-5,10-13,15H2,1-2H3,(H,34,35). The van der Waals surface area contributed by atoms with Gasteiger partial charge in [0.15, 0.2) is 11.3 Å². The molecular formula is C27H32FN5O2. The predicted molar refractivity (Wildman–Crippen MR) is 133 cm³/mol. The van der Waals surface area contributed by atoms with Gasteiger partial charge >= 0.3 is 5.97 Å². The molecule has 6 rings (SSSR count). The molecule has 0 radical (unpaired) electrons. The molecule has 184 valence electrons. The molecule has 2 aromatic heterocycles. The van der Waals surface area contributed by atoms with Crippen molar-refractivity contribution in [3.8, 4) is 5.69 Å². The van der Waals surface area contributed by atoms with Gasteiger partial charge in [-0.1, -0.05) is 6.42 Å². The number of rotatable bonds is 5. The van der Waals surface area contributed by atoms with Crippen LogP contribution in [0.5, 0.6) is 0 Å². The molecule has 3 aromatic rings. The number of fused-ring (bicyclic) bond motifs is 2. The Balaban J connectivity index is 1.49. The number of piperidine rings is 1. The molecule has 0 spiro atoms. The minimum absolute atomic E-state index is 0.0215. The highest BCUT2D eigenvalue weighted by molar-refractivity contribution is 5.98. The Labute approximate surface area is 204 Å². The highest BCUT2D eigenvalue weighted by atomic mass is 19.1. The number of carboxylic acids is 1. The van der Waals surface area contributed by atoms with Gasteiger partial charge in [-0.25, -0.2) is 18.9 Å². The number of aromatic nitrogens is 3. The van der Waals surface area contributed by atoms with Crippen LogP contribution in [-0.2, 0) is 0 Å². The van der Waals surface area contributed by atoms with E-state index in [9.17, 15) is 14.3 Å². The maximum absolute atomic E-state index is 13.6. The molecule has 8 heteroatoms. The van der Waals surface area contributed by atoms with Crippen molar-refractivity contribution in [2.24, 2.45) is 5.92 Å². The van der Waals surface area contributed by atoms with Gasteiger partial charge in [0.2, 0.25) is 0 Å². The second kappa shape index (κ2) is 8.59. The van der Waals surface area contributed by atoms with E-state index in [0.717, 1.165) is 55.7 Å². The molecule has 1 aromatic carbocycles. The van der Waals surface area contributed by atoms with Crippen molar-refractivity contribution in [1.29, 1.82) is 0 Å². The summed E-state index contributed by atoms with van der Waals surface area (Å²) >= 11 is 0. The number of carbonyl (C=O) groups is 1. The van der Waals surface area contributed by atoms with Crippen molar-refractivity contribution in [1.82, 2.24) is 19.7 Å². The van der Waals surface area contributed by atoms with Crippen molar-refractivity contribution < 1.29 is 14.3 Å². The quantitative estimate of drug-likeness (QED) is 0.567. The lowest BCUT2D eigenvalue weighted by Crippen LogP contribution is -2.47. The molecular weight excluding hydrogens is 445 g/mol. The van der Waals surface area contributed by atoms with E-state index in [2.05, 4.69) is 28.6 Å². The first-order valence-corrected chi connectivity index (χ1v) is 12.8. The Morgan fingerprint density at radius 2 is 1.89 bits per heavy atom. The minimum Gasteiger partial charge on any atom is -0.477 e. The van der Waals surface area contributed by atoms with Crippen LogP contribution in [0.4, 0.5) is 10.1 Å². The van der Waals surface area contributed by atoms with Gasteiger partial charge in [0.25, 0.3) is 0 Å². The molecule has 0 bridgehead atoms. The Hall–Kier alpha value is -3.00. The summed E-state index contributed by atoms with van der Waals surface area (Å²) in [6, 6.07) is 9.03. The van der Waals surface area contributed by atoms with Crippen LogP contribution in [-0.4, -0.2) is 62.5 Å². The minimum atomic E-state index is -1.05. The van der Waals surface area contributed by atoms with Crippen molar-refractivity contribution >= 4 is 22.7 Å². The van der Waals surface area contributed by atoms with E-state index in [1.54, 1.807) is 22.9 Å². The Morgan fingerprint density at radius 1 is 1.11 bits per heavy atom. The summed E-state index contributed by atoms with van der Waals surface area (Å²) in [4.78, 5) is 21.7. The number of pyridine rings is 1. The third-order valence-electron chi connectivity index (χ3n) is 8.31. The average Bonchev–Trinajstić information content (AvgIpc) is 3.40. The summed E-state index contributed by atoms with van der Waals surface area (Å²) in [7, 11) is 0. The molecule has 7 nitrogen and oxygen atoms in total. The van der Waals surface area contributed by atoms with E-state index in [-0.39, 0.29) is 11.5 Å². The van der Waals surface area contributed by atoms with Crippen molar-refractivity contribution in [3.63, 3.8) is 0 Å². The van der Waals surface area contributed by atoms with Crippen LogP contribution in [0.3, 0.4) is 0 Å². The first-order chi connectivity index (χ1) is 16.9. The van der Waals surface area contributed by atoms with Crippen molar-refractivity contribution in [2.75, 3.05) is 24.5 Å². The van der Waals surface area contributed by atoms with Crippen LogP contribution in [0.25, 0.3) is 16.7 Å². The van der Waals surface area contributed by atoms with Gasteiger partial charge in [0.1, 0.15) is 5.82 Å². The van der Waals surface area contributed by atoms with Gasteiger partial charge in [-0.05, 0) is 82.3 Å². The third kappa shape index (κ3) is 3.78. The zero-order valence-corrected chi connectivity index (χ0v) is 20.3. The number of hydrogen-bond donors (Lipinski definition) is 1. The third-order valence-corrected chi connectivity index (χ3v) is 8.31. The summed E-state index contributed by atoms with van der Waals surface area (Å²) < 4.78 is 15.4. The zero-order valence-electron chi connectivity index (χ0n) is 20.3. The van der Waals surface area contributed by atoms with Crippen LogP contribution in [0.1, 0.15) is 68.1 Å². The molecule has 3 fully saturated rings. The molecule has 1 aliphatic carbocycles. The van der Waals surface area contributed by atoms with E-state index >= 15 is 0 Å².